The summed E-state index contributed by atoms with van der Waals surface area (Å²) in [5, 5.41) is 2.59. The topological polar surface area (TPSA) is 30.0 Å². The first kappa shape index (κ1) is 17.9. The van der Waals surface area contributed by atoms with Gasteiger partial charge in [0.2, 0.25) is 0 Å². The lowest BCUT2D eigenvalue weighted by molar-refractivity contribution is 0.104. The van der Waals surface area contributed by atoms with Crippen LogP contribution in [-0.2, 0) is 0 Å². The van der Waals surface area contributed by atoms with Gasteiger partial charge in [-0.05, 0) is 35.7 Å². The highest BCUT2D eigenvalue weighted by atomic mass is 35.5. The highest BCUT2D eigenvalue weighted by Crippen LogP contribution is 2.41. The molecule has 2 nitrogen and oxygen atoms in total. The molecule has 8 heteroatoms. The van der Waals surface area contributed by atoms with Crippen LogP contribution in [0.25, 0.3) is 0 Å². The van der Waals surface area contributed by atoms with Crippen LogP contribution >= 0.6 is 69.8 Å². The third-order valence-electron chi connectivity index (χ3n) is 2.49. The summed E-state index contributed by atoms with van der Waals surface area (Å²) >= 11 is 30.6. The Hall–Kier alpha value is -0.420. The zero-order chi connectivity index (χ0) is 16.3. The van der Waals surface area contributed by atoms with E-state index in [9.17, 15) is 4.79 Å². The lowest BCUT2D eigenvalue weighted by atomic mass is 10.1. The van der Waals surface area contributed by atoms with Gasteiger partial charge >= 0.3 is 0 Å². The zero-order valence-corrected chi connectivity index (χ0v) is 15.2. The smallest absolute Gasteiger partial charge is 0.186 e. The Morgan fingerprint density at radius 2 is 1.50 bits per heavy atom. The molecule has 2 aromatic rings. The maximum atomic E-state index is 12.0. The number of hydrogen-bond donors (Lipinski definition) is 0. The van der Waals surface area contributed by atoms with Crippen molar-refractivity contribution in [1.29, 1.82) is 0 Å². The monoisotopic (exact) mass is 411 g/mol. The van der Waals surface area contributed by atoms with E-state index in [2.05, 4.69) is 4.98 Å². The molecule has 0 saturated carbocycles. The maximum Gasteiger partial charge on any atom is 0.186 e. The first-order valence-electron chi connectivity index (χ1n) is 5.73. The molecule has 0 bridgehead atoms. The highest BCUT2D eigenvalue weighted by Gasteiger charge is 2.15. The van der Waals surface area contributed by atoms with Crippen molar-refractivity contribution in [3.63, 3.8) is 0 Å². The molecular formula is C14H6Cl5NOS. The normalized spacial score (nSPS) is 11.1. The quantitative estimate of drug-likeness (QED) is 0.238. The van der Waals surface area contributed by atoms with Crippen molar-refractivity contribution in [2.45, 2.75) is 4.90 Å². The van der Waals surface area contributed by atoms with Crippen LogP contribution in [0.2, 0.25) is 25.4 Å². The molecule has 0 aliphatic carbocycles. The Labute approximate surface area is 156 Å². The van der Waals surface area contributed by atoms with Gasteiger partial charge in [0.1, 0.15) is 0 Å². The van der Waals surface area contributed by atoms with Crippen LogP contribution in [0.5, 0.6) is 0 Å². The van der Waals surface area contributed by atoms with Crippen LogP contribution in [0.15, 0.2) is 40.6 Å². The zero-order valence-electron chi connectivity index (χ0n) is 10.6. The van der Waals surface area contributed by atoms with E-state index in [0.29, 0.717) is 15.5 Å². The molecule has 22 heavy (non-hydrogen) atoms. The molecule has 0 amide bonds. The number of rotatable bonds is 4. The van der Waals surface area contributed by atoms with E-state index >= 15 is 0 Å². The molecule has 114 valence electrons. The van der Waals surface area contributed by atoms with Gasteiger partial charge in [0, 0.05) is 10.6 Å². The van der Waals surface area contributed by atoms with Gasteiger partial charge in [-0.15, -0.1) is 0 Å². The first-order chi connectivity index (χ1) is 10.4. The van der Waals surface area contributed by atoms with Crippen LogP contribution in [0, 0.1) is 0 Å². The number of ketones is 1. The van der Waals surface area contributed by atoms with Gasteiger partial charge in [-0.2, -0.15) is 0 Å². The summed E-state index contributed by atoms with van der Waals surface area (Å²) in [4.78, 5) is 16.2. The Morgan fingerprint density at radius 3 is 2.05 bits per heavy atom. The summed E-state index contributed by atoms with van der Waals surface area (Å²) in [7, 11) is 0. The predicted octanol–water partition coefficient (Wildman–Crippen LogP) is 6.84. The van der Waals surface area contributed by atoms with Gasteiger partial charge in [-0.3, -0.25) is 4.79 Å². The third kappa shape index (κ3) is 4.31. The van der Waals surface area contributed by atoms with Crippen molar-refractivity contribution in [1.82, 2.24) is 4.98 Å². The van der Waals surface area contributed by atoms with E-state index < -0.39 is 0 Å². The van der Waals surface area contributed by atoms with E-state index in [0.717, 1.165) is 11.8 Å². The van der Waals surface area contributed by atoms with Crippen LogP contribution in [-0.4, -0.2) is 10.8 Å². The Bertz CT molecular complexity index is 720. The van der Waals surface area contributed by atoms with Crippen LogP contribution < -0.4 is 0 Å². The third-order valence-corrected chi connectivity index (χ3v) is 5.36. The molecule has 1 aromatic heterocycles. The lowest BCUT2D eigenvalue weighted by Gasteiger charge is -2.06. The molecule has 0 radical (unpaired) electrons. The largest absolute Gasteiger partial charge is 0.289 e. The van der Waals surface area contributed by atoms with Crippen molar-refractivity contribution in [3.8, 4) is 0 Å². The minimum Gasteiger partial charge on any atom is -0.289 e. The van der Waals surface area contributed by atoms with Gasteiger partial charge in [0.05, 0.1) is 14.9 Å². The van der Waals surface area contributed by atoms with E-state index in [1.807, 2.05) is 0 Å². The van der Waals surface area contributed by atoms with Gasteiger partial charge in [0.15, 0.2) is 16.1 Å². The molecule has 0 atom stereocenters. The number of benzene rings is 1. The second kappa shape index (κ2) is 7.91. The SMILES string of the molecule is O=C(C=CSc1c(Cl)c(Cl)nc(Cl)c1Cl)c1ccc(Cl)cc1. The molecule has 0 unspecified atom stereocenters. The molecule has 0 saturated heterocycles. The van der Waals surface area contributed by atoms with Crippen molar-refractivity contribution in [3.05, 3.63) is 66.7 Å². The van der Waals surface area contributed by atoms with Gasteiger partial charge in [0.25, 0.3) is 0 Å². The summed E-state index contributed by atoms with van der Waals surface area (Å²) in [5.74, 6) is -0.178. The fourth-order valence-corrected chi connectivity index (χ4v) is 3.40. The fourth-order valence-electron chi connectivity index (χ4n) is 1.45. The number of carbonyl (C=O) groups is 1. The van der Waals surface area contributed by atoms with Gasteiger partial charge in [-0.25, -0.2) is 4.98 Å². The van der Waals surface area contributed by atoms with Gasteiger partial charge in [-0.1, -0.05) is 69.8 Å². The number of thioether (sulfide) groups is 1. The van der Waals surface area contributed by atoms with Crippen LogP contribution in [0.1, 0.15) is 10.4 Å². The van der Waals surface area contributed by atoms with Crippen LogP contribution in [0.3, 0.4) is 0 Å². The first-order valence-corrected chi connectivity index (χ1v) is 8.50. The fraction of sp³-hybridized carbons (Fsp3) is 0. The Balaban J connectivity index is 2.16. The lowest BCUT2D eigenvalue weighted by Crippen LogP contribution is -1.92. The van der Waals surface area contributed by atoms with Crippen molar-refractivity contribution in [2.24, 2.45) is 0 Å². The molecule has 1 aromatic carbocycles. The second-order valence-electron chi connectivity index (χ2n) is 3.94. The number of allylic oxidation sites excluding steroid dienone is 1. The second-order valence-corrected chi connectivity index (χ2v) is 6.77. The number of pyridine rings is 1. The molecule has 1 heterocycles. The summed E-state index contributed by atoms with van der Waals surface area (Å²) < 4.78 is 0. The highest BCUT2D eigenvalue weighted by molar-refractivity contribution is 8.02. The minimum atomic E-state index is -0.178. The maximum absolute atomic E-state index is 12.0. The van der Waals surface area contributed by atoms with Crippen LogP contribution in [0.4, 0.5) is 0 Å². The number of aromatic nitrogens is 1. The molecule has 0 fully saturated rings. The number of nitrogens with zero attached hydrogens (tertiary/aromatic N) is 1. The average Bonchev–Trinajstić information content (AvgIpc) is 2.49. The molecule has 0 spiro atoms. The molecule has 2 rings (SSSR count). The van der Waals surface area contributed by atoms with Crippen molar-refractivity contribution >= 4 is 75.5 Å². The van der Waals surface area contributed by atoms with E-state index in [1.165, 1.54) is 6.08 Å². The summed E-state index contributed by atoms with van der Waals surface area (Å²) in [6.45, 7) is 0. The van der Waals surface area contributed by atoms with E-state index in [4.69, 9.17) is 58.0 Å². The minimum absolute atomic E-state index is 0.0518. The van der Waals surface area contributed by atoms with Crippen molar-refractivity contribution in [2.75, 3.05) is 0 Å². The van der Waals surface area contributed by atoms with Gasteiger partial charge < -0.3 is 0 Å². The number of carbonyl (C=O) groups excluding carboxylic acids is 1. The number of hydrogen-bond acceptors (Lipinski definition) is 3. The van der Waals surface area contributed by atoms with E-state index in [-0.39, 0.29) is 26.1 Å². The molecule has 0 aliphatic heterocycles. The standard InChI is InChI=1S/C14H6Cl5NOS/c15-8-3-1-7(2-4-8)9(21)5-6-22-12-10(16)13(18)20-14(19)11(12)17/h1-6H. The summed E-state index contributed by atoms with van der Waals surface area (Å²) in [5.41, 5.74) is 0.518. The Kier molecular flexibility index (Phi) is 6.45. The summed E-state index contributed by atoms with van der Waals surface area (Å²) in [6.07, 6.45) is 1.39. The molecule has 0 aliphatic rings. The Morgan fingerprint density at radius 1 is 0.955 bits per heavy atom. The molecular weight excluding hydrogens is 407 g/mol. The van der Waals surface area contributed by atoms with Crippen molar-refractivity contribution < 1.29 is 4.79 Å². The summed E-state index contributed by atoms with van der Waals surface area (Å²) in [6, 6.07) is 6.57. The predicted molar refractivity (Wildman–Crippen MR) is 95.1 cm³/mol. The average molecular weight is 414 g/mol. The number of halogens is 5. The molecule has 0 N–H and O–H groups in total. The van der Waals surface area contributed by atoms with E-state index in [1.54, 1.807) is 29.7 Å².